The molecule has 7 heteroatoms. The smallest absolute Gasteiger partial charge is 0.237 e. The summed E-state index contributed by atoms with van der Waals surface area (Å²) in [6.45, 7) is 3.85. The Kier molecular flexibility index (Phi) is 5.64. The van der Waals surface area contributed by atoms with Gasteiger partial charge in [0.25, 0.3) is 0 Å². The molecular weight excluding hydrogens is 368 g/mol. The quantitative estimate of drug-likeness (QED) is 0.653. The van der Waals surface area contributed by atoms with E-state index < -0.39 is 0 Å². The number of nitrogens with zero attached hydrogens (tertiary/aromatic N) is 3. The average molecular weight is 387 g/mol. The third kappa shape index (κ3) is 4.26. The predicted molar refractivity (Wildman–Crippen MR) is 107 cm³/mol. The Bertz CT molecular complexity index is 924. The van der Waals surface area contributed by atoms with Crippen LogP contribution in [-0.4, -0.2) is 25.9 Å². The number of thioether (sulfide) groups is 1. The number of aromatic nitrogens is 3. The van der Waals surface area contributed by atoms with Crippen LogP contribution in [0.4, 0.5) is 5.69 Å². The van der Waals surface area contributed by atoms with Crippen LogP contribution in [0.15, 0.2) is 53.7 Å². The van der Waals surface area contributed by atoms with Crippen LogP contribution in [0.5, 0.6) is 0 Å². The van der Waals surface area contributed by atoms with E-state index in [2.05, 4.69) is 15.5 Å². The van der Waals surface area contributed by atoms with Gasteiger partial charge in [-0.3, -0.25) is 4.79 Å². The molecule has 2 aromatic carbocycles. The first-order valence-corrected chi connectivity index (χ1v) is 9.39. The molecule has 1 N–H and O–H groups in total. The van der Waals surface area contributed by atoms with E-state index in [9.17, 15) is 4.79 Å². The number of hydrogen-bond donors (Lipinski definition) is 1. The molecule has 1 unspecified atom stereocenters. The molecular formula is C19H19ClN4OS. The maximum absolute atomic E-state index is 12.4. The third-order valence-corrected chi connectivity index (χ3v) is 5.26. The second-order valence-corrected chi connectivity index (χ2v) is 7.74. The van der Waals surface area contributed by atoms with Crippen LogP contribution in [0.25, 0.3) is 11.4 Å². The van der Waals surface area contributed by atoms with Crippen LogP contribution in [-0.2, 0) is 11.8 Å². The topological polar surface area (TPSA) is 59.8 Å². The predicted octanol–water partition coefficient (Wildman–Crippen LogP) is 4.56. The van der Waals surface area contributed by atoms with Gasteiger partial charge in [0.2, 0.25) is 5.91 Å². The van der Waals surface area contributed by atoms with Crippen molar-refractivity contribution in [1.82, 2.24) is 14.8 Å². The molecule has 0 aliphatic rings. The molecule has 0 bridgehead atoms. The molecule has 0 fully saturated rings. The number of amides is 1. The molecule has 3 rings (SSSR count). The molecule has 1 amide bonds. The van der Waals surface area contributed by atoms with E-state index in [-0.39, 0.29) is 11.2 Å². The SMILES string of the molecule is Cc1cccc(NC(=O)C(C)Sc2nnc(-c3ccc(Cl)cc3)n2C)c1. The highest BCUT2D eigenvalue weighted by molar-refractivity contribution is 8.00. The standard InChI is InChI=1S/C19H19ClN4OS/c1-12-5-4-6-16(11-12)21-18(25)13(2)26-19-23-22-17(24(19)3)14-7-9-15(20)10-8-14/h4-11,13H,1-3H3,(H,21,25). The number of carbonyl (C=O) groups is 1. The first-order valence-electron chi connectivity index (χ1n) is 8.13. The summed E-state index contributed by atoms with van der Waals surface area (Å²) < 4.78 is 1.88. The lowest BCUT2D eigenvalue weighted by Gasteiger charge is -2.12. The maximum Gasteiger partial charge on any atom is 0.237 e. The van der Waals surface area contributed by atoms with Gasteiger partial charge in [0.1, 0.15) is 0 Å². The number of nitrogens with one attached hydrogen (secondary N) is 1. The molecule has 1 atom stereocenters. The fraction of sp³-hybridized carbons (Fsp3) is 0.211. The van der Waals surface area contributed by atoms with Crippen molar-refractivity contribution >= 4 is 35.0 Å². The van der Waals surface area contributed by atoms with Crippen LogP contribution in [0.1, 0.15) is 12.5 Å². The van der Waals surface area contributed by atoms with Gasteiger partial charge in [-0.15, -0.1) is 10.2 Å². The van der Waals surface area contributed by atoms with Crippen molar-refractivity contribution in [3.05, 3.63) is 59.1 Å². The van der Waals surface area contributed by atoms with Crippen molar-refractivity contribution in [3.63, 3.8) is 0 Å². The van der Waals surface area contributed by atoms with Gasteiger partial charge in [0.05, 0.1) is 5.25 Å². The normalized spacial score (nSPS) is 12.0. The van der Waals surface area contributed by atoms with Crippen LogP contribution in [0.3, 0.4) is 0 Å². The van der Waals surface area contributed by atoms with E-state index in [1.165, 1.54) is 11.8 Å². The summed E-state index contributed by atoms with van der Waals surface area (Å²) in [5.41, 5.74) is 2.82. The Morgan fingerprint density at radius 2 is 1.92 bits per heavy atom. The van der Waals surface area contributed by atoms with E-state index in [1.54, 1.807) is 0 Å². The second kappa shape index (κ2) is 7.93. The number of aryl methyl sites for hydroxylation is 1. The Morgan fingerprint density at radius 3 is 2.62 bits per heavy atom. The molecule has 26 heavy (non-hydrogen) atoms. The summed E-state index contributed by atoms with van der Waals surface area (Å²) in [5, 5.41) is 12.4. The highest BCUT2D eigenvalue weighted by Crippen LogP contribution is 2.27. The Hall–Kier alpha value is -2.31. The van der Waals surface area contributed by atoms with Gasteiger partial charge < -0.3 is 9.88 Å². The molecule has 0 aliphatic heterocycles. The number of rotatable bonds is 5. The summed E-state index contributed by atoms with van der Waals surface area (Å²) >= 11 is 7.30. The van der Waals surface area contributed by atoms with Gasteiger partial charge in [0.15, 0.2) is 11.0 Å². The second-order valence-electron chi connectivity index (χ2n) is 5.99. The van der Waals surface area contributed by atoms with Gasteiger partial charge in [-0.25, -0.2) is 0 Å². The monoisotopic (exact) mass is 386 g/mol. The van der Waals surface area contributed by atoms with Crippen molar-refractivity contribution in [3.8, 4) is 11.4 Å². The van der Waals surface area contributed by atoms with Crippen molar-refractivity contribution in [2.75, 3.05) is 5.32 Å². The Labute approximate surface area is 161 Å². The zero-order valence-electron chi connectivity index (χ0n) is 14.7. The van der Waals surface area contributed by atoms with E-state index in [0.29, 0.717) is 10.2 Å². The van der Waals surface area contributed by atoms with Crippen molar-refractivity contribution in [2.45, 2.75) is 24.3 Å². The number of carbonyl (C=O) groups excluding carboxylic acids is 1. The average Bonchev–Trinajstić information content (AvgIpc) is 2.96. The molecule has 134 valence electrons. The van der Waals surface area contributed by atoms with Crippen LogP contribution in [0, 0.1) is 6.92 Å². The van der Waals surface area contributed by atoms with Crippen LogP contribution in [0.2, 0.25) is 5.02 Å². The number of hydrogen-bond acceptors (Lipinski definition) is 4. The minimum atomic E-state index is -0.309. The summed E-state index contributed by atoms with van der Waals surface area (Å²) in [4.78, 5) is 12.4. The largest absolute Gasteiger partial charge is 0.325 e. The van der Waals surface area contributed by atoms with Crippen LogP contribution < -0.4 is 5.32 Å². The van der Waals surface area contributed by atoms with Crippen LogP contribution >= 0.6 is 23.4 Å². The van der Waals surface area contributed by atoms with E-state index in [1.807, 2.05) is 74.0 Å². The number of benzene rings is 2. The van der Waals surface area contributed by atoms with Gasteiger partial charge >= 0.3 is 0 Å². The molecule has 1 aromatic heterocycles. The lowest BCUT2D eigenvalue weighted by molar-refractivity contribution is -0.115. The first kappa shape index (κ1) is 18.5. The Balaban J connectivity index is 1.70. The molecule has 0 aliphatic carbocycles. The molecule has 0 radical (unpaired) electrons. The van der Waals surface area contributed by atoms with E-state index in [4.69, 9.17) is 11.6 Å². The van der Waals surface area contributed by atoms with Gasteiger partial charge in [0, 0.05) is 23.3 Å². The zero-order chi connectivity index (χ0) is 18.7. The fourth-order valence-electron chi connectivity index (χ4n) is 2.45. The minimum absolute atomic E-state index is 0.0726. The zero-order valence-corrected chi connectivity index (χ0v) is 16.3. The lowest BCUT2D eigenvalue weighted by Crippen LogP contribution is -2.22. The molecule has 3 aromatic rings. The maximum atomic E-state index is 12.4. The third-order valence-electron chi connectivity index (χ3n) is 3.87. The Morgan fingerprint density at radius 1 is 1.19 bits per heavy atom. The number of anilines is 1. The molecule has 5 nitrogen and oxygen atoms in total. The molecule has 0 spiro atoms. The molecule has 0 saturated carbocycles. The first-order chi connectivity index (χ1) is 12.4. The van der Waals surface area contributed by atoms with E-state index in [0.717, 1.165) is 22.6 Å². The highest BCUT2D eigenvalue weighted by atomic mass is 35.5. The van der Waals surface area contributed by atoms with Gasteiger partial charge in [-0.1, -0.05) is 35.5 Å². The minimum Gasteiger partial charge on any atom is -0.325 e. The number of halogens is 1. The van der Waals surface area contributed by atoms with Crippen molar-refractivity contribution in [2.24, 2.45) is 7.05 Å². The van der Waals surface area contributed by atoms with Gasteiger partial charge in [-0.2, -0.15) is 0 Å². The summed E-state index contributed by atoms with van der Waals surface area (Å²) in [6.07, 6.45) is 0. The molecule has 0 saturated heterocycles. The lowest BCUT2D eigenvalue weighted by atomic mass is 10.2. The molecule has 1 heterocycles. The summed E-state index contributed by atoms with van der Waals surface area (Å²) in [7, 11) is 1.89. The van der Waals surface area contributed by atoms with Crippen molar-refractivity contribution in [1.29, 1.82) is 0 Å². The van der Waals surface area contributed by atoms with Crippen molar-refractivity contribution < 1.29 is 4.79 Å². The van der Waals surface area contributed by atoms with Gasteiger partial charge in [-0.05, 0) is 55.8 Å². The fourth-order valence-corrected chi connectivity index (χ4v) is 3.39. The summed E-state index contributed by atoms with van der Waals surface area (Å²) in [5.74, 6) is 0.659. The summed E-state index contributed by atoms with van der Waals surface area (Å²) in [6, 6.07) is 15.2. The highest BCUT2D eigenvalue weighted by Gasteiger charge is 2.19. The van der Waals surface area contributed by atoms with E-state index >= 15 is 0 Å².